The second-order valence-corrected chi connectivity index (χ2v) is 1.74. The molecule has 2 nitrogen and oxygen atoms in total. The molecule has 1 rings (SSSR count). The maximum Gasteiger partial charge on any atom is 2.00 e. The van der Waals surface area contributed by atoms with E-state index in [4.69, 9.17) is 0 Å². The van der Waals surface area contributed by atoms with Crippen LogP contribution in [0.3, 0.4) is 0 Å². The fraction of sp³-hybridized carbons (Fsp3) is 0. The van der Waals surface area contributed by atoms with Gasteiger partial charge in [-0.2, -0.15) is 0 Å². The van der Waals surface area contributed by atoms with Gasteiger partial charge in [0.25, 0.3) is 0 Å². The first-order chi connectivity index (χ1) is 4.30. The van der Waals surface area contributed by atoms with Crippen LogP contribution < -0.4 is 15.5 Å². The van der Waals surface area contributed by atoms with Crippen LogP contribution in [0.1, 0.15) is 0 Å². The number of hydrogen-bond acceptors (Lipinski definition) is 2. The molecule has 0 aromatic heterocycles. The Morgan fingerprint density at radius 3 is 1.80 bits per heavy atom. The van der Waals surface area contributed by atoms with E-state index in [-0.39, 0.29) is 23.1 Å². The quantitative estimate of drug-likeness (QED) is 0.417. The van der Waals surface area contributed by atoms with Crippen LogP contribution in [0.4, 0.5) is 0 Å². The first-order valence-corrected chi connectivity index (χ1v) is 2.67. The van der Waals surface area contributed by atoms with Crippen molar-refractivity contribution in [3.05, 3.63) is 30.3 Å². The molecule has 0 N–H and O–H groups in total. The smallest absolute Gasteiger partial charge is 0.889 e. The summed E-state index contributed by atoms with van der Waals surface area (Å²) in [7, 11) is -1.84. The molecule has 10 heavy (non-hydrogen) atoms. The predicted octanol–water partition coefficient (Wildman–Crippen LogP) is -2.28. The van der Waals surface area contributed by atoms with E-state index < -0.39 is 7.12 Å². The molecule has 0 fully saturated rings. The van der Waals surface area contributed by atoms with Crippen LogP contribution in [0.2, 0.25) is 0 Å². The van der Waals surface area contributed by atoms with E-state index in [1.54, 1.807) is 18.2 Å². The minimum atomic E-state index is -1.84. The van der Waals surface area contributed by atoms with Crippen LogP contribution in [-0.2, 0) is 0 Å². The average molecular weight is 144 g/mol. The van der Waals surface area contributed by atoms with Gasteiger partial charge in [-0.1, -0.05) is 37.5 Å². The molecule has 0 aliphatic heterocycles. The summed E-state index contributed by atoms with van der Waals surface area (Å²) in [5, 5.41) is 20.3. The monoisotopic (exact) mass is 144 g/mol. The molecule has 46 valence electrons. The molecule has 0 atom stereocenters. The van der Waals surface area contributed by atoms with Crippen molar-refractivity contribution < 1.29 is 10.0 Å². The Labute approximate surface area is 76.2 Å². The third-order valence-electron chi connectivity index (χ3n) is 1.07. The third-order valence-corrected chi connectivity index (χ3v) is 1.07. The molecule has 4 heteroatoms. The van der Waals surface area contributed by atoms with E-state index in [2.05, 4.69) is 0 Å². The van der Waals surface area contributed by atoms with Gasteiger partial charge in [0.05, 0.1) is 0 Å². The van der Waals surface area contributed by atoms with Crippen LogP contribution in [0, 0.1) is 0 Å². The second kappa shape index (κ2) is 4.74. The molecule has 0 radical (unpaired) electrons. The van der Waals surface area contributed by atoms with Crippen molar-refractivity contribution in [2.24, 2.45) is 0 Å². The van der Waals surface area contributed by atoms with Crippen LogP contribution in [0.15, 0.2) is 30.3 Å². The van der Waals surface area contributed by atoms with Gasteiger partial charge in [-0.15, -0.1) is 5.46 Å². The van der Waals surface area contributed by atoms with Crippen LogP contribution in [0.5, 0.6) is 0 Å². The first kappa shape index (κ1) is 9.97. The van der Waals surface area contributed by atoms with Gasteiger partial charge >= 0.3 is 23.1 Å². The Hall–Kier alpha value is -0.0288. The van der Waals surface area contributed by atoms with Crippen molar-refractivity contribution in [3.8, 4) is 0 Å². The Kier molecular flexibility index (Phi) is 4.72. The average Bonchev–Trinajstić information content (AvgIpc) is 1.90. The number of hydrogen-bond donors (Lipinski definition) is 0. The molecule has 0 heterocycles. The van der Waals surface area contributed by atoms with Crippen molar-refractivity contribution in [3.63, 3.8) is 0 Å². The van der Waals surface area contributed by atoms with Gasteiger partial charge in [0.1, 0.15) is 0 Å². The van der Waals surface area contributed by atoms with Gasteiger partial charge in [0.2, 0.25) is 0 Å². The fourth-order valence-corrected chi connectivity index (χ4v) is 0.610. The maximum absolute atomic E-state index is 10.2. The van der Waals surface area contributed by atoms with Gasteiger partial charge < -0.3 is 10.0 Å². The van der Waals surface area contributed by atoms with Crippen molar-refractivity contribution in [1.82, 2.24) is 0 Å². The Balaban J connectivity index is 0.000000810. The van der Waals surface area contributed by atoms with E-state index in [1.165, 1.54) is 12.1 Å². The van der Waals surface area contributed by atoms with Crippen molar-refractivity contribution in [2.75, 3.05) is 0 Å². The summed E-state index contributed by atoms with van der Waals surface area (Å²) in [5.41, 5.74) is 0.303. The second-order valence-electron chi connectivity index (χ2n) is 1.74. The third kappa shape index (κ3) is 2.70. The topological polar surface area (TPSA) is 46.1 Å². The van der Waals surface area contributed by atoms with Crippen LogP contribution >= 0.6 is 0 Å². The summed E-state index contributed by atoms with van der Waals surface area (Å²) in [6, 6.07) is 8.19. The molecule has 1 aromatic rings. The predicted molar refractivity (Wildman–Crippen MR) is 37.6 cm³/mol. The molecule has 0 aliphatic carbocycles. The summed E-state index contributed by atoms with van der Waals surface area (Å²) in [6.07, 6.45) is 0. The van der Waals surface area contributed by atoms with Crippen LogP contribution in [-0.4, -0.2) is 30.2 Å². The van der Waals surface area contributed by atoms with Crippen molar-refractivity contribution in [2.45, 2.75) is 0 Å². The van der Waals surface area contributed by atoms with Gasteiger partial charge in [0.15, 0.2) is 0 Å². The van der Waals surface area contributed by atoms with Gasteiger partial charge in [-0.05, 0) is 0 Å². The zero-order chi connectivity index (χ0) is 6.69. The van der Waals surface area contributed by atoms with Crippen molar-refractivity contribution in [1.29, 1.82) is 0 Å². The van der Waals surface area contributed by atoms with E-state index in [1.807, 2.05) is 0 Å². The molecule has 0 unspecified atom stereocenters. The zero-order valence-electron chi connectivity index (χ0n) is 5.49. The fourth-order valence-electron chi connectivity index (χ4n) is 0.610. The summed E-state index contributed by atoms with van der Waals surface area (Å²) in [4.78, 5) is 0. The molecular weight excluding hydrogens is 139 g/mol. The van der Waals surface area contributed by atoms with Crippen molar-refractivity contribution >= 4 is 35.6 Å². The van der Waals surface area contributed by atoms with E-state index in [0.29, 0.717) is 5.46 Å². The first-order valence-electron chi connectivity index (χ1n) is 2.67. The summed E-state index contributed by atoms with van der Waals surface area (Å²) in [6.45, 7) is 0. The van der Waals surface area contributed by atoms with Gasteiger partial charge in [0, 0.05) is 0 Å². The molecule has 1 aromatic carbocycles. The van der Waals surface area contributed by atoms with E-state index in [9.17, 15) is 10.0 Å². The molecule has 0 amide bonds. The summed E-state index contributed by atoms with van der Waals surface area (Å²) in [5.74, 6) is 0. The molecule has 0 saturated heterocycles. The Bertz CT molecular complexity index is 178. The zero-order valence-corrected chi connectivity index (χ0v) is 6.90. The Morgan fingerprint density at radius 1 is 1.00 bits per heavy atom. The van der Waals surface area contributed by atoms with Gasteiger partial charge in [-0.25, -0.2) is 0 Å². The number of rotatable bonds is 1. The largest absolute Gasteiger partial charge is 2.00 e. The molecular formula is C6H5BMgO2. The molecule has 0 aliphatic rings. The minimum absolute atomic E-state index is 0. The standard InChI is InChI=1S/C6H5BO2.Mg/c8-7(9)6-4-2-1-3-5-6;/h1-5H;/q-2;+2. The molecule has 0 spiro atoms. The van der Waals surface area contributed by atoms with Gasteiger partial charge in [-0.3, -0.25) is 0 Å². The minimum Gasteiger partial charge on any atom is -0.889 e. The molecule has 0 saturated carbocycles. The SMILES string of the molecule is [Mg+2].[O-]B([O-])c1ccccc1. The summed E-state index contributed by atoms with van der Waals surface area (Å²) < 4.78 is 0. The Morgan fingerprint density at radius 2 is 1.50 bits per heavy atom. The normalized spacial score (nSPS) is 8.20. The van der Waals surface area contributed by atoms with E-state index >= 15 is 0 Å². The van der Waals surface area contributed by atoms with E-state index in [0.717, 1.165) is 0 Å². The van der Waals surface area contributed by atoms with Crippen LogP contribution in [0.25, 0.3) is 0 Å². The summed E-state index contributed by atoms with van der Waals surface area (Å²) >= 11 is 0. The maximum atomic E-state index is 10.2. The molecule has 0 bridgehead atoms. The number of benzene rings is 1.